The number of methoxy groups -OCH3 is 1. The summed E-state index contributed by atoms with van der Waals surface area (Å²) in [6.45, 7) is 1.30. The van der Waals surface area contributed by atoms with E-state index in [1.165, 1.54) is 5.56 Å². The first-order chi connectivity index (χ1) is 10.2. The van der Waals surface area contributed by atoms with Crippen LogP contribution in [0.5, 0.6) is 5.75 Å². The van der Waals surface area contributed by atoms with E-state index >= 15 is 0 Å². The molecule has 1 heterocycles. The lowest BCUT2D eigenvalue weighted by Crippen LogP contribution is -2.36. The van der Waals surface area contributed by atoms with Gasteiger partial charge >= 0.3 is 0 Å². The lowest BCUT2D eigenvalue weighted by Gasteiger charge is -2.29. The van der Waals surface area contributed by atoms with E-state index < -0.39 is 0 Å². The van der Waals surface area contributed by atoms with Crippen molar-refractivity contribution in [2.75, 3.05) is 19.4 Å². The SMILES string of the molecule is COc1cccc(C(=O)N2CCc3c(N)cccc3C2)c1. The van der Waals surface area contributed by atoms with Gasteiger partial charge in [0.1, 0.15) is 5.75 Å². The van der Waals surface area contributed by atoms with Crippen LogP contribution in [-0.2, 0) is 13.0 Å². The summed E-state index contributed by atoms with van der Waals surface area (Å²) in [6, 6.07) is 13.2. The van der Waals surface area contributed by atoms with E-state index in [9.17, 15) is 4.79 Å². The van der Waals surface area contributed by atoms with Gasteiger partial charge in [-0.25, -0.2) is 0 Å². The molecule has 2 aromatic rings. The van der Waals surface area contributed by atoms with Crippen LogP contribution < -0.4 is 10.5 Å². The third-order valence-electron chi connectivity index (χ3n) is 3.91. The number of nitrogens with two attached hydrogens (primary N) is 1. The molecule has 0 bridgehead atoms. The Hall–Kier alpha value is -2.49. The molecule has 0 unspecified atom stereocenters. The van der Waals surface area contributed by atoms with Gasteiger partial charge in [0, 0.05) is 24.3 Å². The number of carbonyl (C=O) groups excluding carboxylic acids is 1. The topological polar surface area (TPSA) is 55.6 Å². The molecule has 0 saturated heterocycles. The Kier molecular flexibility index (Phi) is 3.52. The standard InChI is InChI=1S/C17H18N2O2/c1-21-14-6-2-4-12(10-14)17(20)19-9-8-15-13(11-19)5-3-7-16(15)18/h2-7,10H,8-9,11,18H2,1H3. The molecule has 108 valence electrons. The number of hydrogen-bond acceptors (Lipinski definition) is 3. The average molecular weight is 282 g/mol. The Balaban J connectivity index is 1.84. The fraction of sp³-hybridized carbons (Fsp3) is 0.235. The van der Waals surface area contributed by atoms with E-state index in [1.807, 2.05) is 41.3 Å². The van der Waals surface area contributed by atoms with E-state index in [-0.39, 0.29) is 5.91 Å². The second-order valence-corrected chi connectivity index (χ2v) is 5.19. The molecule has 2 aromatic carbocycles. The molecule has 0 fully saturated rings. The minimum absolute atomic E-state index is 0.0296. The van der Waals surface area contributed by atoms with Gasteiger partial charge in [-0.05, 0) is 41.8 Å². The van der Waals surface area contributed by atoms with Gasteiger partial charge in [0.05, 0.1) is 7.11 Å². The van der Waals surface area contributed by atoms with Crippen molar-refractivity contribution >= 4 is 11.6 Å². The second kappa shape index (κ2) is 5.48. The van der Waals surface area contributed by atoms with Gasteiger partial charge in [-0.2, -0.15) is 0 Å². The Labute approximate surface area is 124 Å². The molecule has 0 atom stereocenters. The number of fused-ring (bicyclic) bond motifs is 1. The van der Waals surface area contributed by atoms with E-state index in [1.54, 1.807) is 13.2 Å². The molecular formula is C17H18N2O2. The molecule has 3 rings (SSSR count). The second-order valence-electron chi connectivity index (χ2n) is 5.19. The maximum atomic E-state index is 12.6. The van der Waals surface area contributed by atoms with Gasteiger partial charge in [0.15, 0.2) is 0 Å². The quantitative estimate of drug-likeness (QED) is 0.861. The van der Waals surface area contributed by atoms with Crippen molar-refractivity contribution in [1.82, 2.24) is 4.90 Å². The molecule has 1 amide bonds. The summed E-state index contributed by atoms with van der Waals surface area (Å²) in [6.07, 6.45) is 0.803. The van der Waals surface area contributed by atoms with Crippen LogP contribution in [0.25, 0.3) is 0 Å². The summed E-state index contributed by atoms with van der Waals surface area (Å²) < 4.78 is 5.18. The van der Waals surface area contributed by atoms with E-state index in [0.29, 0.717) is 24.4 Å². The molecule has 1 aliphatic heterocycles. The summed E-state index contributed by atoms with van der Waals surface area (Å²) in [5.74, 6) is 0.726. The molecule has 4 nitrogen and oxygen atoms in total. The van der Waals surface area contributed by atoms with Crippen molar-refractivity contribution in [2.24, 2.45) is 0 Å². The first-order valence-electron chi connectivity index (χ1n) is 6.98. The Morgan fingerprint density at radius 2 is 2.05 bits per heavy atom. The predicted octanol–water partition coefficient (Wildman–Crippen LogP) is 2.48. The largest absolute Gasteiger partial charge is 0.497 e. The van der Waals surface area contributed by atoms with Crippen molar-refractivity contribution in [2.45, 2.75) is 13.0 Å². The third-order valence-corrected chi connectivity index (χ3v) is 3.91. The Bertz CT molecular complexity index is 682. The number of nitrogen functional groups attached to an aromatic ring is 1. The first kappa shape index (κ1) is 13.5. The molecule has 2 N–H and O–H groups in total. The smallest absolute Gasteiger partial charge is 0.254 e. The van der Waals surface area contributed by atoms with Crippen LogP contribution >= 0.6 is 0 Å². The number of nitrogens with zero attached hydrogens (tertiary/aromatic N) is 1. The Morgan fingerprint density at radius 1 is 1.24 bits per heavy atom. The van der Waals surface area contributed by atoms with Crippen LogP contribution in [0, 0.1) is 0 Å². The minimum atomic E-state index is 0.0296. The van der Waals surface area contributed by atoms with E-state index in [4.69, 9.17) is 10.5 Å². The zero-order valence-corrected chi connectivity index (χ0v) is 12.0. The summed E-state index contributed by atoms with van der Waals surface area (Å²) in [7, 11) is 1.60. The maximum Gasteiger partial charge on any atom is 0.254 e. The van der Waals surface area contributed by atoms with Crippen LogP contribution in [0.1, 0.15) is 21.5 Å². The van der Waals surface area contributed by atoms with Gasteiger partial charge in [0.25, 0.3) is 5.91 Å². The normalized spacial score (nSPS) is 13.7. The van der Waals surface area contributed by atoms with E-state index in [2.05, 4.69) is 0 Å². The monoisotopic (exact) mass is 282 g/mol. The number of carbonyl (C=O) groups is 1. The van der Waals surface area contributed by atoms with Crippen molar-refractivity contribution in [3.63, 3.8) is 0 Å². The third kappa shape index (κ3) is 2.57. The molecule has 0 aliphatic carbocycles. The lowest BCUT2D eigenvalue weighted by atomic mass is 9.97. The zero-order chi connectivity index (χ0) is 14.8. The number of amides is 1. The maximum absolute atomic E-state index is 12.6. The fourth-order valence-electron chi connectivity index (χ4n) is 2.75. The van der Waals surface area contributed by atoms with E-state index in [0.717, 1.165) is 17.7 Å². The van der Waals surface area contributed by atoms with Crippen molar-refractivity contribution in [3.05, 3.63) is 59.2 Å². The number of ether oxygens (including phenoxy) is 1. The number of benzene rings is 2. The molecule has 21 heavy (non-hydrogen) atoms. The molecule has 0 radical (unpaired) electrons. The highest BCUT2D eigenvalue weighted by Crippen LogP contribution is 2.25. The van der Waals surface area contributed by atoms with Gasteiger partial charge in [0.2, 0.25) is 0 Å². The molecular weight excluding hydrogens is 264 g/mol. The molecule has 0 saturated carbocycles. The highest BCUT2D eigenvalue weighted by atomic mass is 16.5. The van der Waals surface area contributed by atoms with Crippen molar-refractivity contribution < 1.29 is 9.53 Å². The van der Waals surface area contributed by atoms with Crippen molar-refractivity contribution in [1.29, 1.82) is 0 Å². The molecule has 1 aliphatic rings. The van der Waals surface area contributed by atoms with Gasteiger partial charge in [-0.3, -0.25) is 4.79 Å². The number of anilines is 1. The minimum Gasteiger partial charge on any atom is -0.497 e. The molecule has 0 aromatic heterocycles. The van der Waals surface area contributed by atoms with Crippen molar-refractivity contribution in [3.8, 4) is 5.75 Å². The summed E-state index contributed by atoms with van der Waals surface area (Å²) in [5, 5.41) is 0. The van der Waals surface area contributed by atoms with Crippen LogP contribution in [0.2, 0.25) is 0 Å². The average Bonchev–Trinajstić information content (AvgIpc) is 2.54. The van der Waals surface area contributed by atoms with Gasteiger partial charge < -0.3 is 15.4 Å². The zero-order valence-electron chi connectivity index (χ0n) is 12.0. The van der Waals surface area contributed by atoms with Gasteiger partial charge in [-0.1, -0.05) is 18.2 Å². The van der Waals surface area contributed by atoms with Crippen LogP contribution in [0.15, 0.2) is 42.5 Å². The summed E-state index contributed by atoms with van der Waals surface area (Å²) in [5.41, 5.74) is 9.78. The highest BCUT2D eigenvalue weighted by molar-refractivity contribution is 5.94. The lowest BCUT2D eigenvalue weighted by molar-refractivity contribution is 0.0734. The van der Waals surface area contributed by atoms with Crippen LogP contribution in [-0.4, -0.2) is 24.5 Å². The van der Waals surface area contributed by atoms with Crippen LogP contribution in [0.3, 0.4) is 0 Å². The number of hydrogen-bond donors (Lipinski definition) is 1. The first-order valence-corrected chi connectivity index (χ1v) is 6.98. The molecule has 4 heteroatoms. The van der Waals surface area contributed by atoms with Gasteiger partial charge in [-0.15, -0.1) is 0 Å². The Morgan fingerprint density at radius 3 is 2.86 bits per heavy atom. The molecule has 0 spiro atoms. The highest BCUT2D eigenvalue weighted by Gasteiger charge is 2.22. The number of rotatable bonds is 2. The van der Waals surface area contributed by atoms with Crippen LogP contribution in [0.4, 0.5) is 5.69 Å². The predicted molar refractivity (Wildman–Crippen MR) is 82.3 cm³/mol. The summed E-state index contributed by atoms with van der Waals surface area (Å²) in [4.78, 5) is 14.5. The fourth-order valence-corrected chi connectivity index (χ4v) is 2.75. The summed E-state index contributed by atoms with van der Waals surface area (Å²) >= 11 is 0.